The molecule has 0 aliphatic carbocycles. The van der Waals surface area contributed by atoms with E-state index in [0.29, 0.717) is 24.8 Å². The van der Waals surface area contributed by atoms with Crippen LogP contribution in [0.15, 0.2) is 34.9 Å². The highest BCUT2D eigenvalue weighted by Gasteiger charge is 2.22. The predicted octanol–water partition coefficient (Wildman–Crippen LogP) is 2.75. The van der Waals surface area contributed by atoms with E-state index in [-0.39, 0.29) is 17.8 Å². The lowest BCUT2D eigenvalue weighted by Crippen LogP contribution is -2.29. The minimum absolute atomic E-state index is 0. The lowest BCUT2D eigenvalue weighted by Gasteiger charge is -2.19. The molecule has 1 heterocycles. The van der Waals surface area contributed by atoms with Gasteiger partial charge >= 0.3 is 0 Å². The molecule has 0 aliphatic heterocycles. The minimum atomic E-state index is -0.122. The Morgan fingerprint density at radius 2 is 1.82 bits per heavy atom. The first kappa shape index (κ1) is 18.6. The van der Waals surface area contributed by atoms with Crippen LogP contribution in [0.5, 0.6) is 0 Å². The van der Waals surface area contributed by atoms with Crippen LogP contribution in [0.25, 0.3) is 0 Å². The highest BCUT2D eigenvalue weighted by molar-refractivity contribution is 5.85. The standard InChI is InChI=1S/C16H24N4O.ClH/c1-16(2,3)15-18-14(19-21-15)12-20(10-9-17)11-13-7-5-4-6-8-13;/h4-8H,9-12,17H2,1-3H3;1H. The van der Waals surface area contributed by atoms with Crippen molar-refractivity contribution in [1.82, 2.24) is 15.0 Å². The summed E-state index contributed by atoms with van der Waals surface area (Å²) in [6, 6.07) is 10.3. The van der Waals surface area contributed by atoms with Gasteiger partial charge in [-0.1, -0.05) is 56.3 Å². The normalized spacial score (nSPS) is 11.5. The average molecular weight is 325 g/mol. The zero-order valence-corrected chi connectivity index (χ0v) is 14.3. The van der Waals surface area contributed by atoms with Crippen molar-refractivity contribution in [1.29, 1.82) is 0 Å². The molecular formula is C16H25ClN4O. The molecule has 0 atom stereocenters. The number of benzene rings is 1. The molecule has 0 unspecified atom stereocenters. The molecular weight excluding hydrogens is 300 g/mol. The molecule has 0 radical (unpaired) electrons. The van der Waals surface area contributed by atoms with Crippen LogP contribution in [0, 0.1) is 0 Å². The largest absolute Gasteiger partial charge is 0.339 e. The number of nitrogens with two attached hydrogens (primary N) is 1. The summed E-state index contributed by atoms with van der Waals surface area (Å²) in [6.45, 7) is 9.07. The predicted molar refractivity (Wildman–Crippen MR) is 89.9 cm³/mol. The zero-order chi connectivity index (χ0) is 15.3. The fourth-order valence-corrected chi connectivity index (χ4v) is 2.06. The second-order valence-corrected chi connectivity index (χ2v) is 6.25. The Morgan fingerprint density at radius 3 is 2.36 bits per heavy atom. The van der Waals surface area contributed by atoms with E-state index < -0.39 is 0 Å². The Balaban J connectivity index is 0.00000242. The molecule has 0 spiro atoms. The molecule has 1 aromatic carbocycles. The third-order valence-corrected chi connectivity index (χ3v) is 3.17. The van der Waals surface area contributed by atoms with Crippen LogP contribution in [-0.2, 0) is 18.5 Å². The maximum atomic E-state index is 5.71. The van der Waals surface area contributed by atoms with Gasteiger partial charge in [-0.05, 0) is 5.56 Å². The quantitative estimate of drug-likeness (QED) is 0.885. The summed E-state index contributed by atoms with van der Waals surface area (Å²) in [7, 11) is 0. The summed E-state index contributed by atoms with van der Waals surface area (Å²) in [5, 5.41) is 4.08. The Hall–Kier alpha value is -1.43. The minimum Gasteiger partial charge on any atom is -0.339 e. The maximum Gasteiger partial charge on any atom is 0.232 e. The molecule has 0 amide bonds. The van der Waals surface area contributed by atoms with Gasteiger partial charge in [0.1, 0.15) is 0 Å². The van der Waals surface area contributed by atoms with Gasteiger partial charge in [0.05, 0.1) is 6.54 Å². The van der Waals surface area contributed by atoms with Crippen molar-refractivity contribution >= 4 is 12.4 Å². The highest BCUT2D eigenvalue weighted by atomic mass is 35.5. The fourth-order valence-electron chi connectivity index (χ4n) is 2.06. The van der Waals surface area contributed by atoms with E-state index in [1.54, 1.807) is 0 Å². The van der Waals surface area contributed by atoms with E-state index in [4.69, 9.17) is 10.3 Å². The van der Waals surface area contributed by atoms with Crippen molar-refractivity contribution in [3.63, 3.8) is 0 Å². The fraction of sp³-hybridized carbons (Fsp3) is 0.500. The van der Waals surface area contributed by atoms with Crippen molar-refractivity contribution in [2.45, 2.75) is 39.3 Å². The molecule has 2 aromatic rings. The van der Waals surface area contributed by atoms with Gasteiger partial charge < -0.3 is 10.3 Å². The number of hydrogen-bond donors (Lipinski definition) is 1. The Kier molecular flexibility index (Phi) is 7.00. The van der Waals surface area contributed by atoms with Gasteiger partial charge in [-0.2, -0.15) is 4.98 Å². The SMILES string of the molecule is CC(C)(C)c1nc(CN(CCN)Cc2ccccc2)no1.Cl. The van der Waals surface area contributed by atoms with Crippen molar-refractivity contribution in [2.75, 3.05) is 13.1 Å². The summed E-state index contributed by atoms with van der Waals surface area (Å²) >= 11 is 0. The van der Waals surface area contributed by atoms with Gasteiger partial charge in [0.25, 0.3) is 0 Å². The monoisotopic (exact) mass is 324 g/mol. The van der Waals surface area contributed by atoms with E-state index in [1.165, 1.54) is 5.56 Å². The average Bonchev–Trinajstić information content (AvgIpc) is 2.89. The second kappa shape index (κ2) is 8.27. The van der Waals surface area contributed by atoms with Crippen LogP contribution in [0.1, 0.15) is 38.0 Å². The lowest BCUT2D eigenvalue weighted by molar-refractivity contribution is 0.251. The smallest absolute Gasteiger partial charge is 0.232 e. The summed E-state index contributed by atoms with van der Waals surface area (Å²) in [4.78, 5) is 6.71. The first-order valence-corrected chi connectivity index (χ1v) is 7.28. The van der Waals surface area contributed by atoms with Crippen molar-refractivity contribution in [2.24, 2.45) is 5.73 Å². The molecule has 0 saturated carbocycles. The summed E-state index contributed by atoms with van der Waals surface area (Å²) < 4.78 is 5.34. The summed E-state index contributed by atoms with van der Waals surface area (Å²) in [5.74, 6) is 1.38. The summed E-state index contributed by atoms with van der Waals surface area (Å²) in [6.07, 6.45) is 0. The Labute approximate surface area is 138 Å². The molecule has 0 bridgehead atoms. The van der Waals surface area contributed by atoms with Gasteiger partial charge in [0, 0.05) is 25.0 Å². The van der Waals surface area contributed by atoms with E-state index in [0.717, 1.165) is 13.1 Å². The topological polar surface area (TPSA) is 68.2 Å². The third kappa shape index (κ3) is 5.40. The number of halogens is 1. The van der Waals surface area contributed by atoms with E-state index in [9.17, 15) is 0 Å². The summed E-state index contributed by atoms with van der Waals surface area (Å²) in [5.41, 5.74) is 6.84. The second-order valence-electron chi connectivity index (χ2n) is 6.25. The van der Waals surface area contributed by atoms with Gasteiger partial charge in [0.15, 0.2) is 5.82 Å². The first-order valence-electron chi connectivity index (χ1n) is 7.28. The molecule has 2 rings (SSSR count). The highest BCUT2D eigenvalue weighted by Crippen LogP contribution is 2.20. The molecule has 0 saturated heterocycles. The number of aromatic nitrogens is 2. The van der Waals surface area contributed by atoms with Crippen LogP contribution in [0.2, 0.25) is 0 Å². The van der Waals surface area contributed by atoms with Crippen LogP contribution in [0.3, 0.4) is 0 Å². The first-order chi connectivity index (χ1) is 9.99. The molecule has 0 aliphatic rings. The molecule has 22 heavy (non-hydrogen) atoms. The molecule has 1 aromatic heterocycles. The van der Waals surface area contributed by atoms with Gasteiger partial charge in [-0.15, -0.1) is 12.4 Å². The Bertz CT molecular complexity index is 551. The maximum absolute atomic E-state index is 5.71. The van der Waals surface area contributed by atoms with Gasteiger partial charge in [0.2, 0.25) is 5.89 Å². The molecule has 0 fully saturated rings. The number of nitrogens with zero attached hydrogens (tertiary/aromatic N) is 3. The van der Waals surface area contributed by atoms with Crippen LogP contribution in [-0.4, -0.2) is 28.1 Å². The van der Waals surface area contributed by atoms with Crippen LogP contribution >= 0.6 is 12.4 Å². The Morgan fingerprint density at radius 1 is 1.14 bits per heavy atom. The van der Waals surface area contributed by atoms with Gasteiger partial charge in [-0.25, -0.2) is 0 Å². The van der Waals surface area contributed by atoms with E-state index >= 15 is 0 Å². The number of rotatable bonds is 6. The molecule has 6 heteroatoms. The van der Waals surface area contributed by atoms with Crippen LogP contribution < -0.4 is 5.73 Å². The zero-order valence-electron chi connectivity index (χ0n) is 13.5. The van der Waals surface area contributed by atoms with E-state index in [2.05, 4.69) is 47.9 Å². The van der Waals surface area contributed by atoms with Crippen molar-refractivity contribution < 1.29 is 4.52 Å². The molecule has 5 nitrogen and oxygen atoms in total. The lowest BCUT2D eigenvalue weighted by atomic mass is 9.97. The molecule has 2 N–H and O–H groups in total. The van der Waals surface area contributed by atoms with Crippen LogP contribution in [0.4, 0.5) is 0 Å². The van der Waals surface area contributed by atoms with Crippen molar-refractivity contribution in [3.8, 4) is 0 Å². The third-order valence-electron chi connectivity index (χ3n) is 3.17. The van der Waals surface area contributed by atoms with Crippen molar-refractivity contribution in [3.05, 3.63) is 47.6 Å². The molecule has 122 valence electrons. The van der Waals surface area contributed by atoms with E-state index in [1.807, 2.05) is 18.2 Å². The van der Waals surface area contributed by atoms with Gasteiger partial charge in [-0.3, -0.25) is 4.90 Å². The number of hydrogen-bond acceptors (Lipinski definition) is 5.